The minimum absolute atomic E-state index is 0.227. The third-order valence-corrected chi connectivity index (χ3v) is 5.62. The van der Waals surface area contributed by atoms with Crippen LogP contribution in [0.4, 0.5) is 0 Å². The largest absolute Gasteiger partial charge is 0.477 e. The summed E-state index contributed by atoms with van der Waals surface area (Å²) in [6, 6.07) is 11.7. The van der Waals surface area contributed by atoms with E-state index in [2.05, 4.69) is 6.07 Å². The highest BCUT2D eigenvalue weighted by molar-refractivity contribution is 7.16. The molecule has 0 saturated heterocycles. The van der Waals surface area contributed by atoms with E-state index in [4.69, 9.17) is 25.8 Å². The Bertz CT molecular complexity index is 942. The first-order chi connectivity index (χ1) is 11.7. The standard InChI is InChI=1S/C17H10ClNO3S2/c18-16-4-2-11(24-16)7-20-17-12(6-19)13(8-23-17)10-1-3-14-15(5-10)22-9-21-14/h1-5,8H,7,9H2. The third kappa shape index (κ3) is 2.82. The lowest BCUT2D eigenvalue weighted by atomic mass is 10.0. The van der Waals surface area contributed by atoms with Crippen molar-refractivity contribution in [2.24, 2.45) is 0 Å². The molecule has 0 spiro atoms. The van der Waals surface area contributed by atoms with Gasteiger partial charge < -0.3 is 14.2 Å². The Kier molecular flexibility index (Phi) is 4.07. The number of nitrogens with zero attached hydrogens (tertiary/aromatic N) is 1. The maximum absolute atomic E-state index is 9.55. The van der Waals surface area contributed by atoms with Gasteiger partial charge in [-0.1, -0.05) is 17.7 Å². The molecule has 24 heavy (non-hydrogen) atoms. The zero-order valence-corrected chi connectivity index (χ0v) is 14.6. The summed E-state index contributed by atoms with van der Waals surface area (Å²) in [4.78, 5) is 1.02. The molecule has 0 bridgehead atoms. The van der Waals surface area contributed by atoms with E-state index in [1.165, 1.54) is 22.7 Å². The third-order valence-electron chi connectivity index (χ3n) is 3.53. The number of fused-ring (bicyclic) bond motifs is 1. The van der Waals surface area contributed by atoms with E-state index in [-0.39, 0.29) is 6.79 Å². The van der Waals surface area contributed by atoms with E-state index in [0.717, 1.165) is 26.1 Å². The van der Waals surface area contributed by atoms with E-state index >= 15 is 0 Å². The van der Waals surface area contributed by atoms with Crippen LogP contribution in [0.2, 0.25) is 4.34 Å². The van der Waals surface area contributed by atoms with Crippen molar-refractivity contribution in [1.82, 2.24) is 0 Å². The molecule has 0 unspecified atom stereocenters. The van der Waals surface area contributed by atoms with Crippen molar-refractivity contribution < 1.29 is 14.2 Å². The summed E-state index contributed by atoms with van der Waals surface area (Å²) >= 11 is 8.80. The molecule has 0 aliphatic carbocycles. The normalized spacial score (nSPS) is 12.2. The highest BCUT2D eigenvalue weighted by Gasteiger charge is 2.19. The van der Waals surface area contributed by atoms with E-state index < -0.39 is 0 Å². The lowest BCUT2D eigenvalue weighted by Crippen LogP contribution is -1.93. The van der Waals surface area contributed by atoms with Crippen LogP contribution in [0.3, 0.4) is 0 Å². The van der Waals surface area contributed by atoms with Crippen LogP contribution in [0.5, 0.6) is 16.6 Å². The molecule has 1 aliphatic heterocycles. The van der Waals surface area contributed by atoms with Crippen LogP contribution < -0.4 is 14.2 Å². The molecule has 3 heterocycles. The Morgan fingerprint density at radius 1 is 1.21 bits per heavy atom. The quantitative estimate of drug-likeness (QED) is 0.620. The van der Waals surface area contributed by atoms with Crippen molar-refractivity contribution in [2.75, 3.05) is 6.79 Å². The first-order valence-electron chi connectivity index (χ1n) is 7.03. The fourth-order valence-corrected chi connectivity index (χ4v) is 4.27. The Morgan fingerprint density at radius 3 is 2.88 bits per heavy atom. The van der Waals surface area contributed by atoms with Crippen molar-refractivity contribution in [2.45, 2.75) is 6.61 Å². The maximum Gasteiger partial charge on any atom is 0.231 e. The van der Waals surface area contributed by atoms with E-state index in [0.29, 0.717) is 23.0 Å². The highest BCUT2D eigenvalue weighted by atomic mass is 35.5. The number of benzene rings is 1. The van der Waals surface area contributed by atoms with Crippen LogP contribution in [-0.4, -0.2) is 6.79 Å². The predicted octanol–water partition coefficient (Wildman–Crippen LogP) is 5.31. The fraction of sp³-hybridized carbons (Fsp3) is 0.118. The average molecular weight is 376 g/mol. The van der Waals surface area contributed by atoms with Crippen molar-refractivity contribution in [3.8, 4) is 33.8 Å². The molecule has 0 amide bonds. The van der Waals surface area contributed by atoms with Gasteiger partial charge in [-0.05, 0) is 29.8 Å². The van der Waals surface area contributed by atoms with Gasteiger partial charge in [0.2, 0.25) is 6.79 Å². The topological polar surface area (TPSA) is 51.5 Å². The van der Waals surface area contributed by atoms with E-state index in [9.17, 15) is 5.26 Å². The summed E-state index contributed by atoms with van der Waals surface area (Å²) in [5.41, 5.74) is 2.27. The monoisotopic (exact) mass is 375 g/mol. The molecule has 4 nitrogen and oxygen atoms in total. The van der Waals surface area contributed by atoms with Crippen molar-refractivity contribution in [3.05, 3.63) is 50.5 Å². The maximum atomic E-state index is 9.55. The molecule has 7 heteroatoms. The summed E-state index contributed by atoms with van der Waals surface area (Å²) in [5.74, 6) is 1.41. The molecule has 0 saturated carbocycles. The molecule has 3 aromatic rings. The molecule has 0 radical (unpaired) electrons. The fourth-order valence-electron chi connectivity index (χ4n) is 2.39. The molecule has 4 rings (SSSR count). The van der Waals surface area contributed by atoms with Gasteiger partial charge >= 0.3 is 0 Å². The zero-order valence-electron chi connectivity index (χ0n) is 12.2. The molecular weight excluding hydrogens is 366 g/mol. The number of halogens is 1. The summed E-state index contributed by atoms with van der Waals surface area (Å²) in [6.45, 7) is 0.623. The van der Waals surface area contributed by atoms with Gasteiger partial charge in [0, 0.05) is 15.8 Å². The summed E-state index contributed by atoms with van der Waals surface area (Å²) in [7, 11) is 0. The first-order valence-corrected chi connectivity index (χ1v) is 9.10. The molecule has 1 aromatic carbocycles. The van der Waals surface area contributed by atoms with E-state index in [1.54, 1.807) is 0 Å². The van der Waals surface area contributed by atoms with Gasteiger partial charge in [0.15, 0.2) is 16.6 Å². The Hall–Kier alpha value is -2.20. The van der Waals surface area contributed by atoms with Crippen LogP contribution >= 0.6 is 34.3 Å². The summed E-state index contributed by atoms with van der Waals surface area (Å²) < 4.78 is 17.3. The van der Waals surface area contributed by atoms with E-state index in [1.807, 2.05) is 35.7 Å². The Morgan fingerprint density at radius 2 is 2.08 bits per heavy atom. The molecule has 0 fully saturated rings. The number of ether oxygens (including phenoxy) is 3. The van der Waals surface area contributed by atoms with Crippen LogP contribution in [0, 0.1) is 11.3 Å². The molecule has 0 atom stereocenters. The summed E-state index contributed by atoms with van der Waals surface area (Å²) in [5, 5.41) is 12.1. The highest BCUT2D eigenvalue weighted by Crippen LogP contribution is 2.41. The smallest absolute Gasteiger partial charge is 0.231 e. The lowest BCUT2D eigenvalue weighted by Gasteiger charge is -2.04. The van der Waals surface area contributed by atoms with Gasteiger partial charge in [0.05, 0.1) is 4.34 Å². The second-order valence-corrected chi connectivity index (χ2v) is 7.63. The molecule has 120 valence electrons. The molecular formula is C17H10ClNO3S2. The van der Waals surface area contributed by atoms with Gasteiger partial charge in [-0.15, -0.1) is 22.7 Å². The van der Waals surface area contributed by atoms with Crippen LogP contribution in [0.1, 0.15) is 10.4 Å². The van der Waals surface area contributed by atoms with Crippen molar-refractivity contribution in [3.63, 3.8) is 0 Å². The minimum Gasteiger partial charge on any atom is -0.477 e. The molecule has 1 aliphatic rings. The van der Waals surface area contributed by atoms with Crippen LogP contribution in [0.25, 0.3) is 11.1 Å². The SMILES string of the molecule is N#Cc1c(-c2ccc3c(c2)OCO3)csc1OCc1ccc(Cl)s1. The van der Waals surface area contributed by atoms with Crippen molar-refractivity contribution in [1.29, 1.82) is 5.26 Å². The number of hydrogen-bond donors (Lipinski definition) is 0. The van der Waals surface area contributed by atoms with Crippen LogP contribution in [-0.2, 0) is 6.61 Å². The van der Waals surface area contributed by atoms with Gasteiger partial charge in [0.1, 0.15) is 18.2 Å². The van der Waals surface area contributed by atoms with Gasteiger partial charge in [-0.2, -0.15) is 5.26 Å². The second-order valence-electron chi connectivity index (χ2n) is 4.99. The number of nitriles is 1. The Balaban J connectivity index is 1.61. The zero-order chi connectivity index (χ0) is 16.5. The van der Waals surface area contributed by atoms with Gasteiger partial charge in [-0.25, -0.2) is 0 Å². The second kappa shape index (κ2) is 6.36. The van der Waals surface area contributed by atoms with Crippen LogP contribution in [0.15, 0.2) is 35.7 Å². The molecule has 2 aromatic heterocycles. The number of hydrogen-bond acceptors (Lipinski definition) is 6. The van der Waals surface area contributed by atoms with Crippen molar-refractivity contribution >= 4 is 34.3 Å². The predicted molar refractivity (Wildman–Crippen MR) is 94.3 cm³/mol. The number of rotatable bonds is 4. The molecule has 0 N–H and O–H groups in total. The Labute approximate surface area is 151 Å². The lowest BCUT2D eigenvalue weighted by molar-refractivity contribution is 0.174. The first kappa shape index (κ1) is 15.3. The van der Waals surface area contributed by atoms with Gasteiger partial charge in [-0.3, -0.25) is 0 Å². The number of thiophene rings is 2. The summed E-state index contributed by atoms with van der Waals surface area (Å²) in [6.07, 6.45) is 0. The average Bonchev–Trinajstić information content (AvgIpc) is 3.30. The minimum atomic E-state index is 0.227. The van der Waals surface area contributed by atoms with Gasteiger partial charge in [0.25, 0.3) is 0 Å².